The Labute approximate surface area is 254 Å². The van der Waals surface area contributed by atoms with E-state index in [2.05, 4.69) is 11.7 Å². The van der Waals surface area contributed by atoms with Crippen molar-refractivity contribution in [1.29, 1.82) is 0 Å². The zero-order valence-electron chi connectivity index (χ0n) is 22.2. The second-order valence-electron chi connectivity index (χ2n) is 10.6. The smallest absolute Gasteiger partial charge is 0.233 e. The van der Waals surface area contributed by atoms with Crippen molar-refractivity contribution in [2.24, 2.45) is 11.1 Å². The number of aromatic nitrogens is 1. The van der Waals surface area contributed by atoms with E-state index in [9.17, 15) is 13.5 Å². The molecule has 0 atom stereocenters. The molecule has 3 N–H and O–H groups in total. The predicted molar refractivity (Wildman–Crippen MR) is 161 cm³/mol. The molecular weight excluding hydrogens is 607 g/mol. The molecular formula is C30H29Cl3N2O5S. The summed E-state index contributed by atoms with van der Waals surface area (Å²) < 4.78 is 34.5. The molecule has 0 radical (unpaired) electrons. The van der Waals surface area contributed by atoms with Gasteiger partial charge in [0, 0.05) is 17.0 Å². The highest BCUT2D eigenvalue weighted by atomic mass is 35.5. The summed E-state index contributed by atoms with van der Waals surface area (Å²) in [5.74, 6) is 1.62. The number of aliphatic hydroxyl groups is 1. The van der Waals surface area contributed by atoms with Crippen LogP contribution in [0.4, 0.5) is 0 Å². The van der Waals surface area contributed by atoms with Gasteiger partial charge in [0.25, 0.3) is 0 Å². The molecule has 0 amide bonds. The molecule has 2 aromatic carbocycles. The van der Waals surface area contributed by atoms with E-state index >= 15 is 0 Å². The van der Waals surface area contributed by atoms with Gasteiger partial charge in [-0.15, -0.1) is 0 Å². The SMILES string of the molecule is C=C(/C=C\C=C(/C)S(N)(=O)=O)C1CC(O)(c2ccc(OCc3c(-c4c(Cl)cccc4Cl)noc3C3CC3)cc2Cl)C1. The van der Waals surface area contributed by atoms with Gasteiger partial charge in [-0.3, -0.25) is 0 Å². The van der Waals surface area contributed by atoms with Gasteiger partial charge in [-0.05, 0) is 68.9 Å². The van der Waals surface area contributed by atoms with Crippen LogP contribution in [0.15, 0.2) is 76.2 Å². The van der Waals surface area contributed by atoms with Crippen LogP contribution in [0.1, 0.15) is 55.4 Å². The molecule has 1 aromatic heterocycles. The molecule has 0 aliphatic heterocycles. The molecule has 0 spiro atoms. The standard InChI is InChI=1S/C30H29Cl3N2O5S/c1-17(5-3-6-18(2)41(34,37)38)20-14-30(36,15-20)23-12-11-21(13-26(23)33)39-16-22-28(35-40-29(22)19-9-10-19)27-24(31)7-4-8-25(27)32/h3-8,11-13,19-20,36H,1,9-10,14-16H2,2H3,(H2,34,37,38)/b5-3-,18-6+. The second kappa shape index (κ2) is 11.6. The number of hydrogen-bond donors (Lipinski definition) is 2. The third kappa shape index (κ3) is 6.43. The van der Waals surface area contributed by atoms with Gasteiger partial charge in [0.2, 0.25) is 10.0 Å². The topological polar surface area (TPSA) is 116 Å². The Bertz CT molecular complexity index is 1650. The summed E-state index contributed by atoms with van der Waals surface area (Å²) in [6.45, 7) is 5.66. The third-order valence-corrected chi connectivity index (χ3v) is 9.55. The molecule has 216 valence electrons. The lowest BCUT2D eigenvalue weighted by atomic mass is 9.65. The number of halogens is 3. The summed E-state index contributed by atoms with van der Waals surface area (Å²) in [5.41, 5.74) is 2.24. The molecule has 11 heteroatoms. The van der Waals surface area contributed by atoms with Crippen molar-refractivity contribution in [2.45, 2.75) is 50.7 Å². The fourth-order valence-electron chi connectivity index (χ4n) is 4.94. The number of nitrogens with zero attached hydrogens (tertiary/aromatic N) is 1. The number of primary sulfonamides is 1. The lowest BCUT2D eigenvalue weighted by molar-refractivity contribution is -0.0672. The van der Waals surface area contributed by atoms with E-state index in [4.69, 9.17) is 49.2 Å². The molecule has 7 nitrogen and oxygen atoms in total. The highest BCUT2D eigenvalue weighted by molar-refractivity contribution is 7.93. The van der Waals surface area contributed by atoms with Gasteiger partial charge in [-0.25, -0.2) is 13.6 Å². The van der Waals surface area contributed by atoms with Crippen molar-refractivity contribution in [3.05, 3.63) is 104 Å². The molecule has 0 unspecified atom stereocenters. The largest absolute Gasteiger partial charge is 0.489 e. The molecule has 3 aromatic rings. The minimum Gasteiger partial charge on any atom is -0.489 e. The van der Waals surface area contributed by atoms with Crippen LogP contribution in [0.3, 0.4) is 0 Å². The first kappa shape index (κ1) is 29.9. The normalized spacial score (nSPS) is 21.2. The van der Waals surface area contributed by atoms with E-state index in [1.54, 1.807) is 48.6 Å². The molecule has 2 aliphatic rings. The summed E-state index contributed by atoms with van der Waals surface area (Å²) in [5, 5.41) is 22.0. The third-order valence-electron chi connectivity index (χ3n) is 7.57. The van der Waals surface area contributed by atoms with Crippen LogP contribution in [0.5, 0.6) is 5.75 Å². The van der Waals surface area contributed by atoms with E-state index in [-0.39, 0.29) is 17.4 Å². The second-order valence-corrected chi connectivity index (χ2v) is 13.5. The van der Waals surface area contributed by atoms with Crippen molar-refractivity contribution in [2.75, 3.05) is 0 Å². The first-order chi connectivity index (χ1) is 19.4. The number of benzene rings is 2. The minimum atomic E-state index is -3.72. The average Bonchev–Trinajstić information content (AvgIpc) is 3.65. The minimum absolute atomic E-state index is 0.0240. The maximum absolute atomic E-state index is 11.3. The predicted octanol–water partition coefficient (Wildman–Crippen LogP) is 7.66. The van der Waals surface area contributed by atoms with Gasteiger partial charge in [-0.2, -0.15) is 0 Å². The highest BCUT2D eigenvalue weighted by Crippen LogP contribution is 2.51. The van der Waals surface area contributed by atoms with Gasteiger partial charge in [-0.1, -0.05) is 76.4 Å². The van der Waals surface area contributed by atoms with E-state index in [1.807, 2.05) is 0 Å². The monoisotopic (exact) mass is 634 g/mol. The fraction of sp³-hybridized carbons (Fsp3) is 0.300. The first-order valence-electron chi connectivity index (χ1n) is 13.0. The molecule has 0 bridgehead atoms. The zero-order chi connectivity index (χ0) is 29.5. The van der Waals surface area contributed by atoms with Crippen LogP contribution in [0, 0.1) is 5.92 Å². The van der Waals surface area contributed by atoms with Gasteiger partial charge in [0.05, 0.1) is 31.1 Å². The van der Waals surface area contributed by atoms with Gasteiger partial charge in [0.1, 0.15) is 23.8 Å². The number of ether oxygens (including phenoxy) is 1. The zero-order valence-corrected chi connectivity index (χ0v) is 25.3. The van der Waals surface area contributed by atoms with Gasteiger partial charge >= 0.3 is 0 Å². The van der Waals surface area contributed by atoms with Gasteiger partial charge < -0.3 is 14.4 Å². The summed E-state index contributed by atoms with van der Waals surface area (Å²) in [7, 11) is -3.72. The number of nitrogens with two attached hydrogens (primary N) is 1. The van der Waals surface area contributed by atoms with E-state index in [0.717, 1.165) is 29.7 Å². The number of allylic oxidation sites excluding steroid dienone is 5. The number of sulfonamides is 1. The van der Waals surface area contributed by atoms with Crippen LogP contribution < -0.4 is 9.88 Å². The summed E-state index contributed by atoms with van der Waals surface area (Å²) in [4.78, 5) is 0.0532. The van der Waals surface area contributed by atoms with Crippen LogP contribution in [0.2, 0.25) is 15.1 Å². The van der Waals surface area contributed by atoms with E-state index < -0.39 is 15.6 Å². The van der Waals surface area contributed by atoms with Crippen molar-refractivity contribution >= 4 is 44.8 Å². The molecule has 2 fully saturated rings. The Hall–Kier alpha value is -2.59. The van der Waals surface area contributed by atoms with Crippen LogP contribution in [-0.2, 0) is 22.2 Å². The Morgan fingerprint density at radius 1 is 1.20 bits per heavy atom. The summed E-state index contributed by atoms with van der Waals surface area (Å²) in [6, 6.07) is 10.5. The van der Waals surface area contributed by atoms with Crippen molar-refractivity contribution < 1.29 is 22.8 Å². The first-order valence-corrected chi connectivity index (χ1v) is 15.7. The molecule has 5 rings (SSSR count). The number of hydrogen-bond acceptors (Lipinski definition) is 6. The van der Waals surface area contributed by atoms with Crippen LogP contribution in [0.25, 0.3) is 11.3 Å². The lowest BCUT2D eigenvalue weighted by Gasteiger charge is -2.45. The molecule has 2 aliphatic carbocycles. The molecule has 2 saturated carbocycles. The maximum atomic E-state index is 11.3. The highest BCUT2D eigenvalue weighted by Gasteiger charge is 2.45. The molecule has 0 saturated heterocycles. The Balaban J connectivity index is 1.27. The molecule has 1 heterocycles. The van der Waals surface area contributed by atoms with Crippen molar-refractivity contribution in [3.8, 4) is 17.0 Å². The van der Waals surface area contributed by atoms with E-state index in [1.165, 1.54) is 13.0 Å². The number of rotatable bonds is 10. The maximum Gasteiger partial charge on any atom is 0.233 e. The lowest BCUT2D eigenvalue weighted by Crippen LogP contribution is -2.41. The summed E-state index contributed by atoms with van der Waals surface area (Å²) in [6.07, 6.45) is 7.64. The quantitative estimate of drug-likeness (QED) is 0.221. The summed E-state index contributed by atoms with van der Waals surface area (Å²) >= 11 is 19.5. The van der Waals surface area contributed by atoms with Crippen molar-refractivity contribution in [3.63, 3.8) is 0 Å². The Morgan fingerprint density at radius 3 is 2.49 bits per heavy atom. The van der Waals surface area contributed by atoms with Crippen LogP contribution in [-0.4, -0.2) is 18.7 Å². The van der Waals surface area contributed by atoms with Crippen molar-refractivity contribution in [1.82, 2.24) is 5.16 Å². The van der Waals surface area contributed by atoms with E-state index in [0.29, 0.717) is 56.4 Å². The average molecular weight is 636 g/mol. The van der Waals surface area contributed by atoms with Gasteiger partial charge in [0.15, 0.2) is 0 Å². The Kier molecular flexibility index (Phi) is 8.45. The fourth-order valence-corrected chi connectivity index (χ4v) is 6.13. The van der Waals surface area contributed by atoms with Crippen LogP contribution >= 0.6 is 34.8 Å². The Morgan fingerprint density at radius 2 is 1.88 bits per heavy atom. The molecule has 41 heavy (non-hydrogen) atoms.